The van der Waals surface area contributed by atoms with Gasteiger partial charge in [-0.3, -0.25) is 4.79 Å². The molecule has 2 aliphatic rings. The second-order valence-corrected chi connectivity index (χ2v) is 9.71. The van der Waals surface area contributed by atoms with E-state index < -0.39 is 11.9 Å². The molecule has 190 valence electrons. The standard InChI is InChI=1S/C28H30ClNO6/c1-14(2)36-28(33)24-15(3)30-21-11-17(16-6-8-19(34-4)9-7-16)12-22(31)26(21)25(24)18-10-20(29)27(32)23(13-18)35-5/h6-10,13-14,17,25,30,32H,11-12H2,1-5H3/t17-,25-/m0/s1. The van der Waals surface area contributed by atoms with Gasteiger partial charge in [0, 0.05) is 29.3 Å². The molecule has 0 fully saturated rings. The Morgan fingerprint density at radius 1 is 1.08 bits per heavy atom. The molecule has 0 radical (unpaired) electrons. The third kappa shape index (κ3) is 4.80. The number of carbonyl (C=O) groups is 2. The van der Waals surface area contributed by atoms with Crippen LogP contribution < -0.4 is 14.8 Å². The van der Waals surface area contributed by atoms with Gasteiger partial charge in [-0.25, -0.2) is 4.79 Å². The molecule has 8 heteroatoms. The normalized spacial score (nSPS) is 19.7. The molecule has 7 nitrogen and oxygen atoms in total. The number of allylic oxidation sites excluding steroid dienone is 3. The Labute approximate surface area is 215 Å². The lowest BCUT2D eigenvalue weighted by Gasteiger charge is -2.37. The third-order valence-electron chi connectivity index (χ3n) is 6.58. The molecular weight excluding hydrogens is 482 g/mol. The zero-order valence-electron chi connectivity index (χ0n) is 21.0. The molecule has 36 heavy (non-hydrogen) atoms. The van der Waals surface area contributed by atoms with Gasteiger partial charge in [-0.15, -0.1) is 0 Å². The number of methoxy groups -OCH3 is 2. The largest absolute Gasteiger partial charge is 0.503 e. The van der Waals surface area contributed by atoms with Gasteiger partial charge in [0.1, 0.15) is 5.75 Å². The van der Waals surface area contributed by atoms with Crippen LogP contribution in [0.5, 0.6) is 17.2 Å². The summed E-state index contributed by atoms with van der Waals surface area (Å²) in [5.74, 6) is -0.616. The number of halogens is 1. The first kappa shape index (κ1) is 25.6. The number of Topliss-reactive ketones (excluding diaryl/α,β-unsaturated/α-hetero) is 1. The van der Waals surface area contributed by atoms with E-state index in [9.17, 15) is 14.7 Å². The lowest BCUT2D eigenvalue weighted by molar-refractivity contribution is -0.143. The molecular formula is C28H30ClNO6. The number of phenolic OH excluding ortho intramolecular Hbond substituents is 1. The lowest BCUT2D eigenvalue weighted by atomic mass is 9.71. The van der Waals surface area contributed by atoms with Gasteiger partial charge in [0.15, 0.2) is 17.3 Å². The van der Waals surface area contributed by atoms with Gasteiger partial charge < -0.3 is 24.6 Å². The number of rotatable bonds is 6. The Balaban J connectivity index is 1.83. The summed E-state index contributed by atoms with van der Waals surface area (Å²) >= 11 is 6.32. The quantitative estimate of drug-likeness (QED) is 0.503. The lowest BCUT2D eigenvalue weighted by Crippen LogP contribution is -2.36. The summed E-state index contributed by atoms with van der Waals surface area (Å²) in [6.45, 7) is 5.35. The topological polar surface area (TPSA) is 94.1 Å². The highest BCUT2D eigenvalue weighted by Crippen LogP contribution is 2.48. The van der Waals surface area contributed by atoms with Crippen molar-refractivity contribution in [3.05, 3.63) is 75.1 Å². The Hall–Kier alpha value is -3.45. The van der Waals surface area contributed by atoms with E-state index in [1.54, 1.807) is 40.0 Å². The molecule has 0 spiro atoms. The van der Waals surface area contributed by atoms with E-state index >= 15 is 0 Å². The Morgan fingerprint density at radius 2 is 1.78 bits per heavy atom. The molecule has 2 N–H and O–H groups in total. The minimum atomic E-state index is -0.719. The average Bonchev–Trinajstić information content (AvgIpc) is 2.84. The second-order valence-electron chi connectivity index (χ2n) is 9.30. The van der Waals surface area contributed by atoms with Crippen molar-refractivity contribution >= 4 is 23.4 Å². The summed E-state index contributed by atoms with van der Waals surface area (Å²) in [5, 5.41) is 13.7. The van der Waals surface area contributed by atoms with Crippen LogP contribution in [0.25, 0.3) is 0 Å². The molecule has 0 amide bonds. The van der Waals surface area contributed by atoms with E-state index in [2.05, 4.69) is 5.32 Å². The van der Waals surface area contributed by atoms with Crippen LogP contribution in [0.15, 0.2) is 58.9 Å². The molecule has 2 aromatic carbocycles. The molecule has 2 aromatic rings. The molecule has 0 saturated heterocycles. The SMILES string of the molecule is COc1ccc([C@@H]2CC(=O)C3=C(C2)NC(C)=C(C(=O)OC(C)C)[C@@H]3c2cc(Cl)c(O)c(OC)c2)cc1. The van der Waals surface area contributed by atoms with Crippen molar-refractivity contribution in [1.82, 2.24) is 5.32 Å². The van der Waals surface area contributed by atoms with Crippen molar-refractivity contribution in [2.24, 2.45) is 0 Å². The molecule has 0 bridgehead atoms. The van der Waals surface area contributed by atoms with Crippen molar-refractivity contribution in [3.63, 3.8) is 0 Å². The van der Waals surface area contributed by atoms with Crippen molar-refractivity contribution < 1.29 is 28.9 Å². The number of phenols is 1. The van der Waals surface area contributed by atoms with Gasteiger partial charge in [-0.1, -0.05) is 23.7 Å². The fraction of sp³-hybridized carbons (Fsp3) is 0.357. The molecule has 0 unspecified atom stereocenters. The predicted molar refractivity (Wildman–Crippen MR) is 136 cm³/mol. The fourth-order valence-electron chi connectivity index (χ4n) is 4.95. The summed E-state index contributed by atoms with van der Waals surface area (Å²) in [5.41, 5.74) is 3.81. The summed E-state index contributed by atoms with van der Waals surface area (Å²) in [6, 6.07) is 10.9. The van der Waals surface area contributed by atoms with Gasteiger partial charge in [0.2, 0.25) is 0 Å². The van der Waals surface area contributed by atoms with Crippen molar-refractivity contribution in [3.8, 4) is 17.2 Å². The van der Waals surface area contributed by atoms with E-state index in [1.165, 1.54) is 7.11 Å². The van der Waals surface area contributed by atoms with Crippen LogP contribution in [0.3, 0.4) is 0 Å². The number of esters is 1. The summed E-state index contributed by atoms with van der Waals surface area (Å²) in [6.07, 6.45) is 0.544. The third-order valence-corrected chi connectivity index (χ3v) is 6.87. The average molecular weight is 512 g/mol. The molecule has 1 aliphatic carbocycles. The van der Waals surface area contributed by atoms with Gasteiger partial charge >= 0.3 is 5.97 Å². The summed E-state index contributed by atoms with van der Waals surface area (Å²) in [4.78, 5) is 27.0. The van der Waals surface area contributed by atoms with Gasteiger partial charge in [0.25, 0.3) is 0 Å². The van der Waals surface area contributed by atoms with Gasteiger partial charge in [-0.2, -0.15) is 0 Å². The first-order valence-corrected chi connectivity index (χ1v) is 12.2. The summed E-state index contributed by atoms with van der Waals surface area (Å²) < 4.78 is 16.1. The first-order valence-electron chi connectivity index (χ1n) is 11.8. The number of carbonyl (C=O) groups excluding carboxylic acids is 2. The van der Waals surface area contributed by atoms with Crippen LogP contribution in [0, 0.1) is 0 Å². The van der Waals surface area contributed by atoms with E-state index in [0.717, 1.165) is 17.0 Å². The Morgan fingerprint density at radius 3 is 2.39 bits per heavy atom. The maximum Gasteiger partial charge on any atom is 0.337 e. The zero-order valence-corrected chi connectivity index (χ0v) is 21.7. The summed E-state index contributed by atoms with van der Waals surface area (Å²) in [7, 11) is 3.03. The number of ketones is 1. The van der Waals surface area contributed by atoms with Crippen molar-refractivity contribution in [1.29, 1.82) is 0 Å². The number of aromatic hydroxyl groups is 1. The van der Waals surface area contributed by atoms with Crippen molar-refractivity contribution in [2.75, 3.05) is 14.2 Å². The highest BCUT2D eigenvalue weighted by atomic mass is 35.5. The zero-order chi connectivity index (χ0) is 26.1. The van der Waals surface area contributed by atoms with E-state index in [-0.39, 0.29) is 40.7 Å². The van der Waals surface area contributed by atoms with E-state index in [0.29, 0.717) is 28.8 Å². The molecule has 0 saturated carbocycles. The van der Waals surface area contributed by atoms with Crippen LogP contribution in [-0.2, 0) is 14.3 Å². The molecule has 4 rings (SSSR count). The molecule has 0 aromatic heterocycles. The van der Waals surface area contributed by atoms with Crippen molar-refractivity contribution in [2.45, 2.75) is 51.6 Å². The number of dihydropyridines is 1. The highest BCUT2D eigenvalue weighted by molar-refractivity contribution is 6.32. The number of hydrogen-bond donors (Lipinski definition) is 2. The fourth-order valence-corrected chi connectivity index (χ4v) is 5.17. The molecule has 2 atom stereocenters. The smallest absolute Gasteiger partial charge is 0.337 e. The first-order chi connectivity index (χ1) is 17.1. The second kappa shape index (κ2) is 10.3. The number of ether oxygens (including phenoxy) is 3. The monoisotopic (exact) mass is 511 g/mol. The van der Waals surface area contributed by atoms with Crippen LogP contribution in [0.2, 0.25) is 5.02 Å². The van der Waals surface area contributed by atoms with Crippen LogP contribution in [0.4, 0.5) is 0 Å². The minimum absolute atomic E-state index is 0.0230. The maximum absolute atomic E-state index is 13.7. The van der Waals surface area contributed by atoms with E-state index in [4.69, 9.17) is 25.8 Å². The molecule has 1 aliphatic heterocycles. The van der Waals surface area contributed by atoms with Crippen LogP contribution >= 0.6 is 11.6 Å². The minimum Gasteiger partial charge on any atom is -0.503 e. The number of benzene rings is 2. The Bertz CT molecular complexity index is 1260. The predicted octanol–water partition coefficient (Wildman–Crippen LogP) is 5.38. The van der Waals surface area contributed by atoms with Gasteiger partial charge in [0.05, 0.1) is 30.9 Å². The highest BCUT2D eigenvalue weighted by Gasteiger charge is 2.42. The molecule has 1 heterocycles. The van der Waals surface area contributed by atoms with Crippen LogP contribution in [0.1, 0.15) is 56.6 Å². The number of hydrogen-bond acceptors (Lipinski definition) is 7. The Kier molecular flexibility index (Phi) is 7.31. The van der Waals surface area contributed by atoms with E-state index in [1.807, 2.05) is 24.3 Å². The maximum atomic E-state index is 13.7. The van der Waals surface area contributed by atoms with Gasteiger partial charge in [-0.05, 0) is 68.5 Å². The number of nitrogens with one attached hydrogen (secondary N) is 1. The van der Waals surface area contributed by atoms with Crippen LogP contribution in [-0.4, -0.2) is 37.2 Å².